The number of rotatable bonds is 6. The third kappa shape index (κ3) is 2.44. The third-order valence-corrected chi connectivity index (χ3v) is 1.99. The lowest BCUT2D eigenvalue weighted by Gasteiger charge is -2.34. The highest BCUT2D eigenvalue weighted by Gasteiger charge is 2.31. The van der Waals surface area contributed by atoms with Crippen LogP contribution in [0.3, 0.4) is 0 Å². The molecule has 1 unspecified atom stereocenters. The monoisotopic (exact) mass is 174 g/mol. The lowest BCUT2D eigenvalue weighted by Crippen LogP contribution is -2.64. The van der Waals surface area contributed by atoms with Crippen LogP contribution >= 0.6 is 0 Å². The normalized spacial score (nSPS) is 14.0. The highest BCUT2D eigenvalue weighted by molar-refractivity contribution is 5.38. The number of hydrogen-bond acceptors (Lipinski definition) is 5. The molecular formula is C7H16N3O2. The maximum Gasteiger partial charge on any atom is 0.419 e. The number of carbonyl (C=O) groups excluding carboxylic acids is 1. The Morgan fingerprint density at radius 3 is 2.08 bits per heavy atom. The summed E-state index contributed by atoms with van der Waals surface area (Å²) in [6.07, 6.45) is -0.454. The second-order valence-electron chi connectivity index (χ2n) is 2.57. The molecule has 0 aliphatic carbocycles. The van der Waals surface area contributed by atoms with Crippen LogP contribution in [-0.4, -0.2) is 39.5 Å². The van der Waals surface area contributed by atoms with Gasteiger partial charge in [-0.3, -0.25) is 16.0 Å². The summed E-state index contributed by atoms with van der Waals surface area (Å²) in [6.45, 7) is 3.27. The smallest absolute Gasteiger partial charge is 0.419 e. The van der Waals surface area contributed by atoms with E-state index < -0.39 is 11.9 Å². The number of nitrogens with one attached hydrogen (secondary N) is 3. The molecule has 0 heterocycles. The van der Waals surface area contributed by atoms with Crippen molar-refractivity contribution < 1.29 is 9.53 Å². The first-order chi connectivity index (χ1) is 5.64. The van der Waals surface area contributed by atoms with Crippen molar-refractivity contribution in [2.75, 3.05) is 21.1 Å². The van der Waals surface area contributed by atoms with Gasteiger partial charge < -0.3 is 4.74 Å². The molecular weight excluding hydrogens is 158 g/mol. The van der Waals surface area contributed by atoms with E-state index in [-0.39, 0.29) is 0 Å². The highest BCUT2D eigenvalue weighted by atomic mass is 16.5. The van der Waals surface area contributed by atoms with E-state index in [2.05, 4.69) is 16.0 Å². The molecule has 5 heteroatoms. The van der Waals surface area contributed by atoms with Gasteiger partial charge in [0.1, 0.15) is 5.66 Å². The SMILES string of the molecule is CNC(O[C]=O)C(C)(NC)NC. The molecule has 0 aromatic rings. The Hall–Kier alpha value is -0.650. The van der Waals surface area contributed by atoms with Crippen molar-refractivity contribution in [3.8, 4) is 0 Å². The molecule has 0 rings (SSSR count). The topological polar surface area (TPSA) is 62.4 Å². The van der Waals surface area contributed by atoms with E-state index in [1.54, 1.807) is 21.1 Å². The minimum Gasteiger partial charge on any atom is -0.435 e. The second-order valence-corrected chi connectivity index (χ2v) is 2.57. The molecule has 3 N–H and O–H groups in total. The van der Waals surface area contributed by atoms with Gasteiger partial charge in [0, 0.05) is 0 Å². The molecule has 0 fully saturated rings. The second kappa shape index (κ2) is 5.08. The fraction of sp³-hybridized carbons (Fsp3) is 0.857. The summed E-state index contributed by atoms with van der Waals surface area (Å²) in [6, 6.07) is 0. The van der Waals surface area contributed by atoms with E-state index >= 15 is 0 Å². The van der Waals surface area contributed by atoms with Crippen LogP contribution in [0.2, 0.25) is 0 Å². The molecule has 1 atom stereocenters. The van der Waals surface area contributed by atoms with E-state index in [9.17, 15) is 4.79 Å². The minimum atomic E-state index is -0.494. The molecule has 0 aromatic heterocycles. The zero-order valence-electron chi connectivity index (χ0n) is 7.89. The van der Waals surface area contributed by atoms with Gasteiger partial charge in [0.05, 0.1) is 0 Å². The van der Waals surface area contributed by atoms with Crippen molar-refractivity contribution in [1.29, 1.82) is 0 Å². The third-order valence-electron chi connectivity index (χ3n) is 1.99. The molecule has 71 valence electrons. The zero-order chi connectivity index (χ0) is 9.61. The first-order valence-corrected chi connectivity index (χ1v) is 3.72. The molecule has 0 bridgehead atoms. The van der Waals surface area contributed by atoms with E-state index in [0.717, 1.165) is 0 Å². The summed E-state index contributed by atoms with van der Waals surface area (Å²) in [7, 11) is 5.25. The van der Waals surface area contributed by atoms with Gasteiger partial charge in [-0.25, -0.2) is 4.79 Å². The molecule has 0 spiro atoms. The average molecular weight is 174 g/mol. The zero-order valence-corrected chi connectivity index (χ0v) is 7.89. The number of ether oxygens (including phenoxy) is 1. The van der Waals surface area contributed by atoms with E-state index in [4.69, 9.17) is 4.74 Å². The molecule has 0 aliphatic rings. The van der Waals surface area contributed by atoms with Gasteiger partial charge in [-0.15, -0.1) is 0 Å². The largest absolute Gasteiger partial charge is 0.435 e. The maximum absolute atomic E-state index is 10.0. The van der Waals surface area contributed by atoms with Gasteiger partial charge in [-0.2, -0.15) is 0 Å². The quantitative estimate of drug-likeness (QED) is 0.440. The highest BCUT2D eigenvalue weighted by Crippen LogP contribution is 2.04. The minimum absolute atomic E-state index is 0.454. The molecule has 5 nitrogen and oxygen atoms in total. The van der Waals surface area contributed by atoms with Gasteiger partial charge in [0.25, 0.3) is 0 Å². The lowest BCUT2D eigenvalue weighted by atomic mass is 10.1. The Morgan fingerprint density at radius 1 is 1.33 bits per heavy atom. The maximum atomic E-state index is 10.0. The summed E-state index contributed by atoms with van der Waals surface area (Å²) in [5, 5.41) is 8.81. The van der Waals surface area contributed by atoms with Gasteiger partial charge in [-0.05, 0) is 28.1 Å². The Labute approximate surface area is 72.9 Å². The summed E-state index contributed by atoms with van der Waals surface area (Å²) in [4.78, 5) is 10.0. The molecule has 12 heavy (non-hydrogen) atoms. The van der Waals surface area contributed by atoms with Crippen LogP contribution in [0.1, 0.15) is 6.92 Å². The van der Waals surface area contributed by atoms with Crippen molar-refractivity contribution in [2.45, 2.75) is 18.8 Å². The van der Waals surface area contributed by atoms with Crippen LogP contribution in [0, 0.1) is 0 Å². The van der Waals surface area contributed by atoms with Crippen molar-refractivity contribution in [3.63, 3.8) is 0 Å². The van der Waals surface area contributed by atoms with Gasteiger partial charge in [-0.1, -0.05) is 0 Å². The summed E-state index contributed by atoms with van der Waals surface area (Å²) in [5.41, 5.74) is -0.494. The van der Waals surface area contributed by atoms with Crippen LogP contribution < -0.4 is 16.0 Å². The van der Waals surface area contributed by atoms with Crippen molar-refractivity contribution in [1.82, 2.24) is 16.0 Å². The Morgan fingerprint density at radius 2 is 1.83 bits per heavy atom. The molecule has 0 amide bonds. The van der Waals surface area contributed by atoms with Crippen molar-refractivity contribution in [2.24, 2.45) is 0 Å². The predicted molar refractivity (Wildman–Crippen MR) is 46.2 cm³/mol. The summed E-state index contributed by atoms with van der Waals surface area (Å²) in [5.74, 6) is 0. The molecule has 1 radical (unpaired) electrons. The van der Waals surface area contributed by atoms with Crippen LogP contribution in [0.4, 0.5) is 0 Å². The molecule has 0 aromatic carbocycles. The predicted octanol–water partition coefficient (Wildman–Crippen LogP) is -1.23. The van der Waals surface area contributed by atoms with Gasteiger partial charge in [0.15, 0.2) is 6.23 Å². The standard InChI is InChI=1S/C7H16N3O2/c1-7(9-3,10-4)6(8-2)12-5-11/h6,8-10H,1-4H3. The fourth-order valence-corrected chi connectivity index (χ4v) is 0.901. The average Bonchev–Trinajstić information content (AvgIpc) is 2.13. The summed E-state index contributed by atoms with van der Waals surface area (Å²) < 4.78 is 4.70. The fourth-order valence-electron chi connectivity index (χ4n) is 0.901. The molecule has 0 saturated heterocycles. The Bertz CT molecular complexity index is 137. The summed E-state index contributed by atoms with van der Waals surface area (Å²) >= 11 is 0. The van der Waals surface area contributed by atoms with Gasteiger partial charge in [0.2, 0.25) is 0 Å². The Kier molecular flexibility index (Phi) is 4.80. The van der Waals surface area contributed by atoms with E-state index in [1.165, 1.54) is 6.47 Å². The van der Waals surface area contributed by atoms with Crippen molar-refractivity contribution >= 4 is 6.47 Å². The first kappa shape index (κ1) is 11.4. The van der Waals surface area contributed by atoms with E-state index in [0.29, 0.717) is 0 Å². The van der Waals surface area contributed by atoms with Crippen LogP contribution in [0.15, 0.2) is 0 Å². The lowest BCUT2D eigenvalue weighted by molar-refractivity contribution is 0.0446. The van der Waals surface area contributed by atoms with Crippen LogP contribution in [0.25, 0.3) is 0 Å². The van der Waals surface area contributed by atoms with Gasteiger partial charge >= 0.3 is 6.47 Å². The molecule has 0 saturated carbocycles. The number of likely N-dealkylation sites (N-methyl/N-ethyl adjacent to an activating group) is 3. The Balaban J connectivity index is 4.31. The first-order valence-electron chi connectivity index (χ1n) is 3.72. The van der Waals surface area contributed by atoms with Crippen molar-refractivity contribution in [3.05, 3.63) is 0 Å². The molecule has 0 aliphatic heterocycles. The van der Waals surface area contributed by atoms with Crippen LogP contribution in [-0.2, 0) is 9.53 Å². The van der Waals surface area contributed by atoms with E-state index in [1.807, 2.05) is 6.92 Å². The number of hydrogen-bond donors (Lipinski definition) is 3. The van der Waals surface area contributed by atoms with Crippen LogP contribution in [0.5, 0.6) is 0 Å².